The summed E-state index contributed by atoms with van der Waals surface area (Å²) < 4.78 is 23.6. The summed E-state index contributed by atoms with van der Waals surface area (Å²) in [7, 11) is 4.66. The van der Waals surface area contributed by atoms with Gasteiger partial charge in [-0.1, -0.05) is 6.07 Å². The van der Waals surface area contributed by atoms with Crippen molar-refractivity contribution in [2.45, 2.75) is 6.54 Å². The van der Waals surface area contributed by atoms with Crippen LogP contribution in [-0.4, -0.2) is 32.1 Å². The molecule has 0 aromatic heterocycles. The van der Waals surface area contributed by atoms with Crippen molar-refractivity contribution < 1.29 is 18.7 Å². The molecule has 0 saturated heterocycles. The van der Waals surface area contributed by atoms with Crippen molar-refractivity contribution in [1.29, 1.82) is 0 Å². The Labute approximate surface area is 129 Å². The Morgan fingerprint density at radius 1 is 1.09 bits per heavy atom. The Hall–Kier alpha value is -2.56. The third kappa shape index (κ3) is 3.55. The van der Waals surface area contributed by atoms with E-state index in [0.717, 1.165) is 0 Å². The van der Waals surface area contributed by atoms with Crippen LogP contribution in [0.25, 0.3) is 0 Å². The Morgan fingerprint density at radius 2 is 1.77 bits per heavy atom. The predicted octanol–water partition coefficient (Wildman–Crippen LogP) is 3.12. The number of carbonyl (C=O) groups is 1. The molecule has 2 aromatic carbocycles. The molecule has 0 N–H and O–H groups in total. The zero-order chi connectivity index (χ0) is 16.1. The number of halogens is 1. The van der Waals surface area contributed by atoms with E-state index in [4.69, 9.17) is 9.47 Å². The maximum atomic E-state index is 13.7. The zero-order valence-electron chi connectivity index (χ0n) is 12.8. The number of methoxy groups -OCH3 is 2. The Kier molecular flexibility index (Phi) is 4.99. The fourth-order valence-electron chi connectivity index (χ4n) is 2.11. The number of nitrogens with zero attached hydrogens (tertiary/aromatic N) is 1. The molecule has 0 spiro atoms. The highest BCUT2D eigenvalue weighted by atomic mass is 19.1. The van der Waals surface area contributed by atoms with E-state index in [1.165, 1.54) is 18.1 Å². The second-order valence-corrected chi connectivity index (χ2v) is 4.86. The molecule has 0 aliphatic rings. The molecular formula is C17H18FNO3. The van der Waals surface area contributed by atoms with E-state index in [-0.39, 0.29) is 11.7 Å². The van der Waals surface area contributed by atoms with Gasteiger partial charge in [-0.3, -0.25) is 4.79 Å². The van der Waals surface area contributed by atoms with Gasteiger partial charge in [-0.25, -0.2) is 4.39 Å². The van der Waals surface area contributed by atoms with Crippen molar-refractivity contribution in [3.8, 4) is 11.5 Å². The van der Waals surface area contributed by atoms with Crippen molar-refractivity contribution in [2.75, 3.05) is 21.3 Å². The summed E-state index contributed by atoms with van der Waals surface area (Å²) in [5.41, 5.74) is 1.25. The number of hydrogen-bond donors (Lipinski definition) is 0. The van der Waals surface area contributed by atoms with Crippen molar-refractivity contribution >= 4 is 5.91 Å². The normalized spacial score (nSPS) is 10.2. The maximum Gasteiger partial charge on any atom is 0.253 e. The van der Waals surface area contributed by atoms with Gasteiger partial charge in [-0.05, 0) is 42.0 Å². The van der Waals surface area contributed by atoms with Gasteiger partial charge >= 0.3 is 0 Å². The van der Waals surface area contributed by atoms with E-state index in [1.807, 2.05) is 0 Å². The molecule has 2 rings (SSSR count). The molecular weight excluding hydrogens is 285 g/mol. The second-order valence-electron chi connectivity index (χ2n) is 4.86. The third-order valence-electron chi connectivity index (χ3n) is 3.32. The lowest BCUT2D eigenvalue weighted by Crippen LogP contribution is -2.26. The van der Waals surface area contributed by atoms with Gasteiger partial charge in [0.2, 0.25) is 0 Å². The minimum absolute atomic E-state index is 0.140. The first-order valence-electron chi connectivity index (χ1n) is 6.77. The summed E-state index contributed by atoms with van der Waals surface area (Å²) in [5, 5.41) is 0. The number of benzene rings is 2. The molecule has 0 heterocycles. The van der Waals surface area contributed by atoms with Gasteiger partial charge < -0.3 is 14.4 Å². The number of ether oxygens (including phenoxy) is 2. The van der Waals surface area contributed by atoms with E-state index in [2.05, 4.69) is 0 Å². The van der Waals surface area contributed by atoms with E-state index in [0.29, 0.717) is 23.4 Å². The van der Waals surface area contributed by atoms with Crippen molar-refractivity contribution in [3.63, 3.8) is 0 Å². The third-order valence-corrected chi connectivity index (χ3v) is 3.32. The fraction of sp³-hybridized carbons (Fsp3) is 0.235. The van der Waals surface area contributed by atoms with Crippen LogP contribution in [0.3, 0.4) is 0 Å². The standard InChI is InChI=1S/C17H18FNO3/c1-19(11-12-4-9-16(22-3)15(18)10-12)17(20)13-5-7-14(21-2)8-6-13/h4-10H,11H2,1-3H3. The molecule has 22 heavy (non-hydrogen) atoms. The molecule has 0 bridgehead atoms. The van der Waals surface area contributed by atoms with E-state index in [1.54, 1.807) is 50.6 Å². The molecule has 0 fully saturated rings. The average Bonchev–Trinajstić information content (AvgIpc) is 2.54. The minimum Gasteiger partial charge on any atom is -0.497 e. The molecule has 0 aliphatic heterocycles. The highest BCUT2D eigenvalue weighted by Gasteiger charge is 2.13. The van der Waals surface area contributed by atoms with Crippen LogP contribution >= 0.6 is 0 Å². The fourth-order valence-corrected chi connectivity index (χ4v) is 2.11. The summed E-state index contributed by atoms with van der Waals surface area (Å²) in [6.07, 6.45) is 0. The summed E-state index contributed by atoms with van der Waals surface area (Å²) in [4.78, 5) is 13.9. The Morgan fingerprint density at radius 3 is 2.32 bits per heavy atom. The van der Waals surface area contributed by atoms with Gasteiger partial charge in [0.15, 0.2) is 11.6 Å². The quantitative estimate of drug-likeness (QED) is 0.852. The number of carbonyl (C=O) groups excluding carboxylic acids is 1. The largest absolute Gasteiger partial charge is 0.497 e. The molecule has 0 unspecified atom stereocenters. The van der Waals surface area contributed by atoms with Gasteiger partial charge in [-0.2, -0.15) is 0 Å². The summed E-state index contributed by atoms with van der Waals surface area (Å²) in [6.45, 7) is 0.311. The lowest BCUT2D eigenvalue weighted by Gasteiger charge is -2.18. The topological polar surface area (TPSA) is 38.8 Å². The first-order chi connectivity index (χ1) is 10.5. The van der Waals surface area contributed by atoms with Crippen LogP contribution in [0.2, 0.25) is 0 Å². The van der Waals surface area contributed by atoms with Gasteiger partial charge in [0.1, 0.15) is 5.75 Å². The molecule has 0 atom stereocenters. The Balaban J connectivity index is 2.08. The summed E-state index contributed by atoms with van der Waals surface area (Å²) >= 11 is 0. The zero-order valence-corrected chi connectivity index (χ0v) is 12.8. The van der Waals surface area contributed by atoms with Crippen LogP contribution in [-0.2, 0) is 6.54 Å². The van der Waals surface area contributed by atoms with Gasteiger partial charge in [0.25, 0.3) is 5.91 Å². The molecule has 116 valence electrons. The summed E-state index contributed by atoms with van der Waals surface area (Å²) in [6, 6.07) is 11.5. The molecule has 0 aliphatic carbocycles. The molecule has 2 aromatic rings. The van der Waals surface area contributed by atoms with E-state index < -0.39 is 5.82 Å². The number of hydrogen-bond acceptors (Lipinski definition) is 3. The Bertz CT molecular complexity index is 655. The smallest absolute Gasteiger partial charge is 0.253 e. The molecule has 0 saturated carbocycles. The van der Waals surface area contributed by atoms with Crippen LogP contribution < -0.4 is 9.47 Å². The van der Waals surface area contributed by atoms with Crippen molar-refractivity contribution in [1.82, 2.24) is 4.90 Å². The lowest BCUT2D eigenvalue weighted by molar-refractivity contribution is 0.0785. The number of rotatable bonds is 5. The molecule has 0 radical (unpaired) electrons. The van der Waals surface area contributed by atoms with E-state index >= 15 is 0 Å². The first kappa shape index (κ1) is 15.8. The van der Waals surface area contributed by atoms with Crippen LogP contribution in [0.5, 0.6) is 11.5 Å². The van der Waals surface area contributed by atoms with Crippen LogP contribution in [0.4, 0.5) is 4.39 Å². The minimum atomic E-state index is -0.440. The predicted molar refractivity (Wildman–Crippen MR) is 81.7 cm³/mol. The maximum absolute atomic E-state index is 13.7. The molecule has 4 nitrogen and oxygen atoms in total. The van der Waals surface area contributed by atoms with Gasteiger partial charge in [0.05, 0.1) is 14.2 Å². The van der Waals surface area contributed by atoms with Crippen LogP contribution in [0.15, 0.2) is 42.5 Å². The lowest BCUT2D eigenvalue weighted by atomic mass is 10.1. The highest BCUT2D eigenvalue weighted by Crippen LogP contribution is 2.19. The van der Waals surface area contributed by atoms with E-state index in [9.17, 15) is 9.18 Å². The second kappa shape index (κ2) is 6.93. The van der Waals surface area contributed by atoms with Gasteiger partial charge in [-0.15, -0.1) is 0 Å². The SMILES string of the molecule is COc1ccc(C(=O)N(C)Cc2ccc(OC)c(F)c2)cc1. The van der Waals surface area contributed by atoms with Crippen molar-refractivity contribution in [3.05, 3.63) is 59.4 Å². The summed E-state index contributed by atoms with van der Waals surface area (Å²) in [5.74, 6) is 0.300. The average molecular weight is 303 g/mol. The molecule has 5 heteroatoms. The monoisotopic (exact) mass is 303 g/mol. The highest BCUT2D eigenvalue weighted by molar-refractivity contribution is 5.94. The first-order valence-corrected chi connectivity index (χ1v) is 6.77. The number of amides is 1. The van der Waals surface area contributed by atoms with Crippen LogP contribution in [0, 0.1) is 5.82 Å². The van der Waals surface area contributed by atoms with Gasteiger partial charge in [0, 0.05) is 19.2 Å². The van der Waals surface area contributed by atoms with Crippen molar-refractivity contribution in [2.24, 2.45) is 0 Å². The van der Waals surface area contributed by atoms with Crippen LogP contribution in [0.1, 0.15) is 15.9 Å². The molecule has 1 amide bonds.